The Labute approximate surface area is 129 Å². The lowest BCUT2D eigenvalue weighted by molar-refractivity contribution is -0.180. The zero-order valence-corrected chi connectivity index (χ0v) is 14.5. The van der Waals surface area contributed by atoms with E-state index in [9.17, 15) is 14.7 Å². The number of hydrogen-bond acceptors (Lipinski definition) is 3. The molecule has 0 aromatic rings. The van der Waals surface area contributed by atoms with Crippen molar-refractivity contribution in [3.8, 4) is 0 Å². The number of carbonyl (C=O) groups is 2. The minimum atomic E-state index is -1.52. The van der Waals surface area contributed by atoms with E-state index in [1.165, 1.54) is 13.3 Å². The van der Waals surface area contributed by atoms with Gasteiger partial charge in [0, 0.05) is 0 Å². The van der Waals surface area contributed by atoms with E-state index >= 15 is 0 Å². The lowest BCUT2D eigenvalue weighted by Crippen LogP contribution is -2.48. The van der Waals surface area contributed by atoms with Gasteiger partial charge in [0.05, 0.1) is 0 Å². The van der Waals surface area contributed by atoms with Crippen molar-refractivity contribution in [3.05, 3.63) is 0 Å². The molecule has 0 aliphatic heterocycles. The zero-order chi connectivity index (χ0) is 16.7. The van der Waals surface area contributed by atoms with Crippen LogP contribution in [0.15, 0.2) is 0 Å². The maximum Gasteiger partial charge on any atom is 0.324 e. The van der Waals surface area contributed by atoms with Crippen LogP contribution in [0.25, 0.3) is 0 Å². The molecule has 0 amide bonds. The summed E-state index contributed by atoms with van der Waals surface area (Å²) >= 11 is 0. The van der Waals surface area contributed by atoms with Crippen LogP contribution in [0.3, 0.4) is 0 Å². The van der Waals surface area contributed by atoms with E-state index in [1.54, 1.807) is 20.8 Å². The number of rotatable bonds is 9. The molecule has 0 spiro atoms. The Hall–Kier alpha value is -1.06. The maximum atomic E-state index is 12.4. The monoisotopic (exact) mass is 300 g/mol. The third-order valence-electron chi connectivity index (χ3n) is 4.44. The smallest absolute Gasteiger partial charge is 0.324 e. The number of ether oxygens (including phenoxy) is 1. The van der Waals surface area contributed by atoms with Gasteiger partial charge in [-0.3, -0.25) is 9.59 Å². The fraction of sp³-hybridized carbons (Fsp3) is 0.882. The van der Waals surface area contributed by atoms with Crippen LogP contribution in [0.4, 0.5) is 0 Å². The molecule has 0 aromatic heterocycles. The van der Waals surface area contributed by atoms with Crippen molar-refractivity contribution in [1.29, 1.82) is 0 Å². The summed E-state index contributed by atoms with van der Waals surface area (Å²) in [5.74, 6) is -1.74. The first-order valence-electron chi connectivity index (χ1n) is 8.05. The SMILES string of the molecule is CCCCCCC(CC)OC(=O)C(C)(C(=O)O)C(C)(C)C. The molecule has 0 bridgehead atoms. The molecule has 1 N–H and O–H groups in total. The van der Waals surface area contributed by atoms with E-state index in [0.717, 1.165) is 32.1 Å². The van der Waals surface area contributed by atoms with Crippen molar-refractivity contribution in [2.24, 2.45) is 10.8 Å². The first-order chi connectivity index (χ1) is 9.61. The Balaban J connectivity index is 4.77. The van der Waals surface area contributed by atoms with Crippen LogP contribution in [0.2, 0.25) is 0 Å². The molecule has 0 aliphatic carbocycles. The van der Waals surface area contributed by atoms with Gasteiger partial charge in [-0.15, -0.1) is 0 Å². The van der Waals surface area contributed by atoms with Crippen molar-refractivity contribution in [1.82, 2.24) is 0 Å². The predicted molar refractivity (Wildman–Crippen MR) is 84.1 cm³/mol. The molecule has 0 aliphatic rings. The average molecular weight is 300 g/mol. The van der Waals surface area contributed by atoms with Gasteiger partial charge in [-0.25, -0.2) is 0 Å². The first kappa shape index (κ1) is 19.9. The molecule has 0 aromatic carbocycles. The Kier molecular flexibility index (Phi) is 7.98. The van der Waals surface area contributed by atoms with Crippen molar-refractivity contribution < 1.29 is 19.4 Å². The summed E-state index contributed by atoms with van der Waals surface area (Å²) in [6, 6.07) is 0. The maximum absolute atomic E-state index is 12.4. The Morgan fingerprint density at radius 3 is 2.00 bits per heavy atom. The topological polar surface area (TPSA) is 63.6 Å². The molecule has 0 radical (unpaired) electrons. The normalized spacial score (nSPS) is 16.1. The molecule has 4 heteroatoms. The van der Waals surface area contributed by atoms with Crippen LogP contribution >= 0.6 is 0 Å². The largest absolute Gasteiger partial charge is 0.480 e. The molecule has 2 atom stereocenters. The third-order valence-corrected chi connectivity index (χ3v) is 4.44. The number of esters is 1. The van der Waals surface area contributed by atoms with Crippen LogP contribution in [-0.2, 0) is 14.3 Å². The summed E-state index contributed by atoms with van der Waals surface area (Å²) in [7, 11) is 0. The molecule has 0 saturated carbocycles. The number of carboxylic acids is 1. The number of hydrogen-bond donors (Lipinski definition) is 1. The average Bonchev–Trinajstić information content (AvgIpc) is 2.39. The molecule has 0 heterocycles. The summed E-state index contributed by atoms with van der Waals surface area (Å²) < 4.78 is 5.51. The predicted octanol–water partition coefficient (Wildman–Crippen LogP) is 4.42. The lowest BCUT2D eigenvalue weighted by Gasteiger charge is -2.36. The van der Waals surface area contributed by atoms with E-state index in [0.29, 0.717) is 0 Å². The molecule has 0 rings (SSSR count). The number of aliphatic carboxylic acids is 1. The fourth-order valence-electron chi connectivity index (χ4n) is 2.13. The van der Waals surface area contributed by atoms with E-state index in [2.05, 4.69) is 6.92 Å². The van der Waals surface area contributed by atoms with Crippen molar-refractivity contribution in [3.63, 3.8) is 0 Å². The number of carboxylic acid groups (broad SMARTS) is 1. The summed E-state index contributed by atoms with van der Waals surface area (Å²) in [4.78, 5) is 24.0. The highest BCUT2D eigenvalue weighted by Crippen LogP contribution is 2.40. The molecule has 0 fully saturated rings. The van der Waals surface area contributed by atoms with Gasteiger partial charge in [-0.05, 0) is 31.6 Å². The van der Waals surface area contributed by atoms with Crippen LogP contribution in [0, 0.1) is 10.8 Å². The Morgan fingerprint density at radius 2 is 1.62 bits per heavy atom. The van der Waals surface area contributed by atoms with E-state index in [-0.39, 0.29) is 6.10 Å². The molecule has 21 heavy (non-hydrogen) atoms. The minimum absolute atomic E-state index is 0.185. The zero-order valence-electron chi connectivity index (χ0n) is 14.5. The van der Waals surface area contributed by atoms with E-state index < -0.39 is 22.8 Å². The molecule has 4 nitrogen and oxygen atoms in total. The fourth-order valence-corrected chi connectivity index (χ4v) is 2.13. The second kappa shape index (κ2) is 8.40. The van der Waals surface area contributed by atoms with E-state index in [4.69, 9.17) is 4.74 Å². The van der Waals surface area contributed by atoms with Gasteiger partial charge < -0.3 is 9.84 Å². The van der Waals surface area contributed by atoms with Gasteiger partial charge in [0.25, 0.3) is 0 Å². The van der Waals surface area contributed by atoms with Crippen molar-refractivity contribution in [2.75, 3.05) is 0 Å². The van der Waals surface area contributed by atoms with E-state index in [1.807, 2.05) is 6.92 Å². The van der Waals surface area contributed by atoms with Gasteiger partial charge in [0.1, 0.15) is 6.10 Å². The quantitative estimate of drug-likeness (QED) is 0.389. The van der Waals surface area contributed by atoms with Crippen molar-refractivity contribution >= 4 is 11.9 Å². The van der Waals surface area contributed by atoms with Gasteiger partial charge in [0.2, 0.25) is 0 Å². The van der Waals surface area contributed by atoms with Gasteiger partial charge >= 0.3 is 11.9 Å². The second-order valence-corrected chi connectivity index (χ2v) is 6.97. The standard InChI is InChI=1S/C17H32O4/c1-7-9-10-11-12-13(8-2)21-15(20)17(6,14(18)19)16(3,4)5/h13H,7-12H2,1-6H3,(H,18,19). The molecule has 124 valence electrons. The highest BCUT2D eigenvalue weighted by molar-refractivity contribution is 5.99. The second-order valence-electron chi connectivity index (χ2n) is 6.97. The molecular formula is C17H32O4. The van der Waals surface area contributed by atoms with Gasteiger partial charge in [0.15, 0.2) is 5.41 Å². The van der Waals surface area contributed by atoms with Crippen LogP contribution < -0.4 is 0 Å². The minimum Gasteiger partial charge on any atom is -0.480 e. The molecule has 0 saturated heterocycles. The Bertz CT molecular complexity index is 343. The molecule has 2 unspecified atom stereocenters. The lowest BCUT2D eigenvalue weighted by atomic mass is 9.68. The summed E-state index contributed by atoms with van der Waals surface area (Å²) in [5.41, 5.74) is -2.22. The van der Waals surface area contributed by atoms with Crippen LogP contribution in [0.5, 0.6) is 0 Å². The highest BCUT2D eigenvalue weighted by Gasteiger charge is 2.52. The Morgan fingerprint density at radius 1 is 1.05 bits per heavy atom. The summed E-state index contributed by atoms with van der Waals surface area (Å²) in [6.45, 7) is 10.8. The van der Waals surface area contributed by atoms with Gasteiger partial charge in [-0.2, -0.15) is 0 Å². The number of carbonyl (C=O) groups excluding carboxylic acids is 1. The van der Waals surface area contributed by atoms with Crippen LogP contribution in [0.1, 0.15) is 80.1 Å². The summed E-state index contributed by atoms with van der Waals surface area (Å²) in [6.07, 6.45) is 5.82. The van der Waals surface area contributed by atoms with Gasteiger partial charge in [-0.1, -0.05) is 53.9 Å². The van der Waals surface area contributed by atoms with Crippen LogP contribution in [-0.4, -0.2) is 23.1 Å². The highest BCUT2D eigenvalue weighted by atomic mass is 16.5. The first-order valence-corrected chi connectivity index (χ1v) is 8.05. The number of unbranched alkanes of at least 4 members (excludes halogenated alkanes) is 3. The molecular weight excluding hydrogens is 268 g/mol. The van der Waals surface area contributed by atoms with Crippen molar-refractivity contribution in [2.45, 2.75) is 86.2 Å². The summed E-state index contributed by atoms with van der Waals surface area (Å²) in [5, 5.41) is 9.47. The third kappa shape index (κ3) is 5.33.